The smallest absolute Gasteiger partial charge is 0.226 e. The third kappa shape index (κ3) is 3.40. The molecule has 2 aromatic heterocycles. The first kappa shape index (κ1) is 17.3. The second-order valence-electron chi connectivity index (χ2n) is 7.58. The van der Waals surface area contributed by atoms with E-state index in [9.17, 15) is 0 Å². The number of hydrogen-bond donors (Lipinski definition) is 0. The first-order chi connectivity index (χ1) is 12.6. The zero-order valence-electron chi connectivity index (χ0n) is 16.1. The van der Waals surface area contributed by atoms with Crippen molar-refractivity contribution < 1.29 is 0 Å². The monoisotopic (exact) mass is 355 g/mol. The molecule has 0 spiro atoms. The second-order valence-corrected chi connectivity index (χ2v) is 7.58. The van der Waals surface area contributed by atoms with Crippen LogP contribution >= 0.6 is 0 Å². The van der Waals surface area contributed by atoms with Crippen LogP contribution in [0.25, 0.3) is 0 Å². The van der Waals surface area contributed by atoms with Crippen molar-refractivity contribution in [2.75, 3.05) is 50.1 Å². The van der Waals surface area contributed by atoms with E-state index in [0.29, 0.717) is 0 Å². The highest BCUT2D eigenvalue weighted by atomic mass is 15.3. The van der Waals surface area contributed by atoms with E-state index >= 15 is 0 Å². The molecule has 0 aromatic carbocycles. The van der Waals surface area contributed by atoms with E-state index in [1.165, 1.54) is 36.2 Å². The Balaban J connectivity index is 1.40. The molecule has 0 bridgehead atoms. The molecule has 0 N–H and O–H groups in total. The zero-order valence-corrected chi connectivity index (χ0v) is 16.1. The summed E-state index contributed by atoms with van der Waals surface area (Å²) in [7, 11) is 6.06. The number of fused-ring (bicyclic) bond motifs is 1. The van der Waals surface area contributed by atoms with Gasteiger partial charge < -0.3 is 9.80 Å². The van der Waals surface area contributed by atoms with Crippen LogP contribution in [0.15, 0.2) is 12.3 Å². The van der Waals surface area contributed by atoms with Crippen molar-refractivity contribution in [3.05, 3.63) is 29.2 Å². The zero-order chi connectivity index (χ0) is 18.1. The summed E-state index contributed by atoms with van der Waals surface area (Å²) < 4.78 is 2.12. The fraction of sp³-hybridized carbons (Fsp3) is 0.632. The van der Waals surface area contributed by atoms with Gasteiger partial charge in [0.1, 0.15) is 5.82 Å². The Morgan fingerprint density at radius 1 is 1.08 bits per heavy atom. The molecule has 0 radical (unpaired) electrons. The number of nitrogens with zero attached hydrogens (tertiary/aromatic N) is 7. The Morgan fingerprint density at radius 2 is 1.85 bits per heavy atom. The molecular formula is C19H29N7. The van der Waals surface area contributed by atoms with Gasteiger partial charge in [-0.15, -0.1) is 0 Å². The standard InChI is InChI=1S/C19H29N7/c1-23(2)19-20-9-8-18(21-19)26-12-10-25(11-13-26)14-17-15-6-4-5-7-16(15)22-24(17)3/h8-9H,4-7,10-14H2,1-3H3. The topological polar surface area (TPSA) is 53.3 Å². The SMILES string of the molecule is CN(C)c1nccc(N2CCN(Cc3c4c(nn3C)CCCC4)CC2)n1. The molecule has 0 unspecified atom stereocenters. The van der Waals surface area contributed by atoms with Crippen molar-refractivity contribution >= 4 is 11.8 Å². The molecule has 1 saturated heterocycles. The van der Waals surface area contributed by atoms with Crippen molar-refractivity contribution in [2.24, 2.45) is 7.05 Å². The van der Waals surface area contributed by atoms with Gasteiger partial charge >= 0.3 is 0 Å². The average Bonchev–Trinajstić information content (AvgIpc) is 2.98. The van der Waals surface area contributed by atoms with Crippen LogP contribution in [0.1, 0.15) is 29.8 Å². The minimum Gasteiger partial charge on any atom is -0.354 e. The first-order valence-corrected chi connectivity index (χ1v) is 9.63. The molecule has 0 saturated carbocycles. The number of rotatable bonds is 4. The van der Waals surface area contributed by atoms with Crippen LogP contribution in [0.3, 0.4) is 0 Å². The third-order valence-corrected chi connectivity index (χ3v) is 5.55. The van der Waals surface area contributed by atoms with Gasteiger partial charge in [0, 0.05) is 60.1 Å². The van der Waals surface area contributed by atoms with Gasteiger partial charge in [-0.1, -0.05) is 0 Å². The predicted octanol–water partition coefficient (Wildman–Crippen LogP) is 1.48. The van der Waals surface area contributed by atoms with E-state index in [0.717, 1.165) is 50.9 Å². The van der Waals surface area contributed by atoms with Gasteiger partial charge in [0.05, 0.1) is 11.4 Å². The lowest BCUT2D eigenvalue weighted by Gasteiger charge is -2.35. The molecule has 1 fully saturated rings. The van der Waals surface area contributed by atoms with Crippen LogP contribution in [0, 0.1) is 0 Å². The van der Waals surface area contributed by atoms with Gasteiger partial charge in [0.25, 0.3) is 0 Å². The molecule has 4 rings (SSSR count). The Morgan fingerprint density at radius 3 is 2.62 bits per heavy atom. The van der Waals surface area contributed by atoms with E-state index < -0.39 is 0 Å². The van der Waals surface area contributed by atoms with Crippen molar-refractivity contribution in [1.29, 1.82) is 0 Å². The summed E-state index contributed by atoms with van der Waals surface area (Å²) in [6.45, 7) is 5.13. The lowest BCUT2D eigenvalue weighted by Crippen LogP contribution is -2.46. The molecule has 140 valence electrons. The van der Waals surface area contributed by atoms with Crippen LogP contribution in [0.4, 0.5) is 11.8 Å². The van der Waals surface area contributed by atoms with Gasteiger partial charge in [-0.05, 0) is 37.3 Å². The Bertz CT molecular complexity index is 759. The summed E-state index contributed by atoms with van der Waals surface area (Å²) in [6.07, 6.45) is 6.80. The summed E-state index contributed by atoms with van der Waals surface area (Å²) in [4.78, 5) is 15.9. The Labute approximate surface area is 155 Å². The molecule has 7 nitrogen and oxygen atoms in total. The van der Waals surface area contributed by atoms with Gasteiger partial charge in [0.15, 0.2) is 0 Å². The van der Waals surface area contributed by atoms with Gasteiger partial charge in [-0.3, -0.25) is 9.58 Å². The maximum absolute atomic E-state index is 4.76. The highest BCUT2D eigenvalue weighted by molar-refractivity contribution is 5.43. The molecule has 1 aliphatic carbocycles. The molecule has 2 aliphatic rings. The van der Waals surface area contributed by atoms with Crippen molar-refractivity contribution in [3.63, 3.8) is 0 Å². The number of piperazine rings is 1. The summed E-state index contributed by atoms with van der Waals surface area (Å²) in [5.74, 6) is 1.80. The molecule has 1 aliphatic heterocycles. The van der Waals surface area contributed by atoms with Crippen molar-refractivity contribution in [3.8, 4) is 0 Å². The third-order valence-electron chi connectivity index (χ3n) is 5.55. The number of aryl methyl sites for hydroxylation is 2. The van der Waals surface area contributed by atoms with Crippen molar-refractivity contribution in [1.82, 2.24) is 24.6 Å². The van der Waals surface area contributed by atoms with Crippen molar-refractivity contribution in [2.45, 2.75) is 32.2 Å². The first-order valence-electron chi connectivity index (χ1n) is 9.63. The number of hydrogen-bond acceptors (Lipinski definition) is 6. The Hall–Kier alpha value is -2.15. The highest BCUT2D eigenvalue weighted by Crippen LogP contribution is 2.25. The maximum atomic E-state index is 4.76. The number of anilines is 2. The molecule has 7 heteroatoms. The van der Waals surface area contributed by atoms with E-state index in [4.69, 9.17) is 5.10 Å². The number of aromatic nitrogens is 4. The van der Waals surface area contributed by atoms with Crippen LogP contribution in [-0.2, 0) is 26.4 Å². The Kier molecular flexibility index (Phi) is 4.80. The fourth-order valence-corrected chi connectivity index (χ4v) is 4.02. The maximum Gasteiger partial charge on any atom is 0.226 e. The minimum absolute atomic E-state index is 0.770. The normalized spacial score (nSPS) is 18.0. The van der Waals surface area contributed by atoms with Gasteiger partial charge in [0.2, 0.25) is 5.95 Å². The summed E-state index contributed by atoms with van der Waals surface area (Å²) in [5.41, 5.74) is 4.28. The molecule has 0 amide bonds. The van der Waals surface area contributed by atoms with Gasteiger partial charge in [-0.25, -0.2) is 4.98 Å². The second kappa shape index (κ2) is 7.23. The fourth-order valence-electron chi connectivity index (χ4n) is 4.02. The van der Waals surface area contributed by atoms with E-state index in [1.54, 1.807) is 0 Å². The minimum atomic E-state index is 0.770. The van der Waals surface area contributed by atoms with E-state index in [1.807, 2.05) is 31.3 Å². The lowest BCUT2D eigenvalue weighted by atomic mass is 9.95. The summed E-state index contributed by atoms with van der Waals surface area (Å²) in [5, 5.41) is 4.76. The predicted molar refractivity (Wildman–Crippen MR) is 104 cm³/mol. The van der Waals surface area contributed by atoms with Crippen LogP contribution in [-0.4, -0.2) is 64.9 Å². The largest absolute Gasteiger partial charge is 0.354 e. The van der Waals surface area contributed by atoms with Crippen LogP contribution in [0.5, 0.6) is 0 Å². The molecule has 26 heavy (non-hydrogen) atoms. The van der Waals surface area contributed by atoms with Crippen LogP contribution < -0.4 is 9.80 Å². The molecule has 3 heterocycles. The molecular weight excluding hydrogens is 326 g/mol. The summed E-state index contributed by atoms with van der Waals surface area (Å²) in [6, 6.07) is 2.01. The highest BCUT2D eigenvalue weighted by Gasteiger charge is 2.23. The van der Waals surface area contributed by atoms with E-state index in [2.05, 4.69) is 31.5 Å². The van der Waals surface area contributed by atoms with Crippen LogP contribution in [0.2, 0.25) is 0 Å². The van der Waals surface area contributed by atoms with Gasteiger partial charge in [-0.2, -0.15) is 10.1 Å². The average molecular weight is 355 g/mol. The quantitative estimate of drug-likeness (QED) is 0.828. The molecule has 0 atom stereocenters. The molecule has 2 aromatic rings. The lowest BCUT2D eigenvalue weighted by molar-refractivity contribution is 0.242. The van der Waals surface area contributed by atoms with E-state index in [-0.39, 0.29) is 0 Å². The summed E-state index contributed by atoms with van der Waals surface area (Å²) >= 11 is 0.